The van der Waals surface area contributed by atoms with Crippen LogP contribution in [0.15, 0.2) is 30.3 Å². The van der Waals surface area contributed by atoms with E-state index in [4.69, 9.17) is 5.11 Å². The number of amides is 1. The van der Waals surface area contributed by atoms with Crippen molar-refractivity contribution < 1.29 is 23.5 Å². The molecule has 4 nitrogen and oxygen atoms in total. The number of carbonyl (C=O) groups excluding carboxylic acids is 1. The SMILES string of the molecule is CC(C)(CCC(=O)NC(CC(F)F)C(=O)O)c1ccccc1. The van der Waals surface area contributed by atoms with E-state index in [1.165, 1.54) is 0 Å². The fraction of sp³-hybridized carbons (Fsp3) is 0.500. The van der Waals surface area contributed by atoms with E-state index in [9.17, 15) is 18.4 Å². The van der Waals surface area contributed by atoms with Gasteiger partial charge in [-0.1, -0.05) is 44.2 Å². The normalized spacial score (nSPS) is 13.0. The lowest BCUT2D eigenvalue weighted by Gasteiger charge is -2.25. The van der Waals surface area contributed by atoms with Gasteiger partial charge in [-0.25, -0.2) is 13.6 Å². The Balaban J connectivity index is 2.56. The second-order valence-electron chi connectivity index (χ2n) is 5.84. The number of alkyl halides is 2. The summed E-state index contributed by atoms with van der Waals surface area (Å²) in [5, 5.41) is 11.0. The molecule has 0 spiro atoms. The highest BCUT2D eigenvalue weighted by atomic mass is 19.3. The summed E-state index contributed by atoms with van der Waals surface area (Å²) in [6.45, 7) is 3.95. The van der Waals surface area contributed by atoms with Crippen LogP contribution in [0.25, 0.3) is 0 Å². The van der Waals surface area contributed by atoms with Gasteiger partial charge in [-0.05, 0) is 17.4 Å². The highest BCUT2D eigenvalue weighted by molar-refractivity contribution is 5.83. The molecule has 0 heterocycles. The lowest BCUT2D eigenvalue weighted by Crippen LogP contribution is -2.42. The van der Waals surface area contributed by atoms with Crippen molar-refractivity contribution in [1.29, 1.82) is 0 Å². The van der Waals surface area contributed by atoms with Crippen LogP contribution in [0.1, 0.15) is 38.7 Å². The zero-order valence-electron chi connectivity index (χ0n) is 12.7. The van der Waals surface area contributed by atoms with Gasteiger partial charge >= 0.3 is 5.97 Å². The van der Waals surface area contributed by atoms with Crippen LogP contribution in [0.5, 0.6) is 0 Å². The first-order valence-electron chi connectivity index (χ1n) is 7.08. The Morgan fingerprint density at radius 3 is 2.32 bits per heavy atom. The van der Waals surface area contributed by atoms with Gasteiger partial charge in [-0.2, -0.15) is 0 Å². The molecule has 0 fully saturated rings. The third-order valence-electron chi connectivity index (χ3n) is 3.58. The van der Waals surface area contributed by atoms with E-state index in [2.05, 4.69) is 5.32 Å². The Labute approximate surface area is 128 Å². The van der Waals surface area contributed by atoms with Crippen LogP contribution in [0, 0.1) is 0 Å². The monoisotopic (exact) mass is 313 g/mol. The van der Waals surface area contributed by atoms with Crippen LogP contribution in [0.3, 0.4) is 0 Å². The summed E-state index contributed by atoms with van der Waals surface area (Å²) < 4.78 is 24.6. The summed E-state index contributed by atoms with van der Waals surface area (Å²) in [5.74, 6) is -1.98. The molecule has 1 aromatic carbocycles. The summed E-state index contributed by atoms with van der Waals surface area (Å²) in [6, 6.07) is 8.06. The van der Waals surface area contributed by atoms with Gasteiger partial charge in [-0.3, -0.25) is 4.79 Å². The predicted molar refractivity (Wildman–Crippen MR) is 78.9 cm³/mol. The number of hydrogen-bond donors (Lipinski definition) is 2. The van der Waals surface area contributed by atoms with Crippen LogP contribution in [0.4, 0.5) is 8.78 Å². The first-order chi connectivity index (χ1) is 10.2. The molecule has 6 heteroatoms. The number of carboxylic acid groups (broad SMARTS) is 1. The van der Waals surface area contributed by atoms with E-state index in [-0.39, 0.29) is 11.8 Å². The second kappa shape index (κ2) is 7.87. The molecule has 0 aliphatic rings. The molecule has 22 heavy (non-hydrogen) atoms. The molecule has 1 unspecified atom stereocenters. The molecule has 1 aromatic rings. The molecule has 1 rings (SSSR count). The fourth-order valence-electron chi connectivity index (χ4n) is 2.13. The number of nitrogens with one attached hydrogen (secondary N) is 1. The minimum absolute atomic E-state index is 0.0783. The number of hydrogen-bond acceptors (Lipinski definition) is 2. The van der Waals surface area contributed by atoms with E-state index in [1.807, 2.05) is 44.2 Å². The van der Waals surface area contributed by atoms with Gasteiger partial charge in [0.15, 0.2) is 0 Å². The van der Waals surface area contributed by atoms with Crippen LogP contribution in [-0.2, 0) is 15.0 Å². The largest absolute Gasteiger partial charge is 0.480 e. The Kier molecular flexibility index (Phi) is 6.46. The van der Waals surface area contributed by atoms with Crippen molar-refractivity contribution in [3.05, 3.63) is 35.9 Å². The van der Waals surface area contributed by atoms with Crippen molar-refractivity contribution in [3.8, 4) is 0 Å². The molecule has 0 aliphatic carbocycles. The maximum Gasteiger partial charge on any atom is 0.326 e. The minimum atomic E-state index is -2.78. The maximum absolute atomic E-state index is 12.3. The van der Waals surface area contributed by atoms with Gasteiger partial charge in [-0.15, -0.1) is 0 Å². The summed E-state index contributed by atoms with van der Waals surface area (Å²) >= 11 is 0. The number of aliphatic carboxylic acids is 1. The quantitative estimate of drug-likeness (QED) is 0.775. The molecule has 0 saturated carbocycles. The van der Waals surface area contributed by atoms with Gasteiger partial charge in [0.1, 0.15) is 6.04 Å². The molecule has 0 radical (unpaired) electrons. The third-order valence-corrected chi connectivity index (χ3v) is 3.58. The van der Waals surface area contributed by atoms with Gasteiger partial charge in [0.05, 0.1) is 0 Å². The zero-order chi connectivity index (χ0) is 16.8. The minimum Gasteiger partial charge on any atom is -0.480 e. The predicted octanol–water partition coefficient (Wildman–Crippen LogP) is 2.97. The van der Waals surface area contributed by atoms with Crippen LogP contribution >= 0.6 is 0 Å². The molecule has 0 aromatic heterocycles. The van der Waals surface area contributed by atoms with Gasteiger partial charge in [0.25, 0.3) is 0 Å². The number of halogens is 2. The van der Waals surface area contributed by atoms with Crippen molar-refractivity contribution in [2.24, 2.45) is 0 Å². The first kappa shape index (κ1) is 18.1. The highest BCUT2D eigenvalue weighted by Crippen LogP contribution is 2.28. The van der Waals surface area contributed by atoms with E-state index in [1.54, 1.807) is 0 Å². The summed E-state index contributed by atoms with van der Waals surface area (Å²) in [5.41, 5.74) is 0.796. The smallest absolute Gasteiger partial charge is 0.326 e. The third kappa shape index (κ3) is 5.79. The van der Waals surface area contributed by atoms with Crippen LogP contribution < -0.4 is 5.32 Å². The number of rotatable bonds is 8. The number of carboxylic acids is 1. The molecule has 0 bridgehead atoms. The summed E-state index contributed by atoms with van der Waals surface area (Å²) in [7, 11) is 0. The van der Waals surface area contributed by atoms with Crippen molar-refractivity contribution in [3.63, 3.8) is 0 Å². The molecule has 0 aliphatic heterocycles. The highest BCUT2D eigenvalue weighted by Gasteiger charge is 2.26. The summed E-state index contributed by atoms with van der Waals surface area (Å²) in [6.07, 6.45) is -3.09. The van der Waals surface area contributed by atoms with Gasteiger partial charge in [0.2, 0.25) is 12.3 Å². The lowest BCUT2D eigenvalue weighted by atomic mass is 9.80. The van der Waals surface area contributed by atoms with E-state index in [0.29, 0.717) is 6.42 Å². The Bertz CT molecular complexity index is 503. The topological polar surface area (TPSA) is 66.4 Å². The van der Waals surface area contributed by atoms with Crippen LogP contribution in [0.2, 0.25) is 0 Å². The Morgan fingerprint density at radius 1 is 1.23 bits per heavy atom. The summed E-state index contributed by atoms with van der Waals surface area (Å²) in [4.78, 5) is 22.6. The first-order valence-corrected chi connectivity index (χ1v) is 7.08. The molecular weight excluding hydrogens is 292 g/mol. The second-order valence-corrected chi connectivity index (χ2v) is 5.84. The Morgan fingerprint density at radius 2 is 1.82 bits per heavy atom. The molecule has 122 valence electrons. The van der Waals surface area contributed by atoms with E-state index >= 15 is 0 Å². The lowest BCUT2D eigenvalue weighted by molar-refractivity contribution is -0.143. The van der Waals surface area contributed by atoms with Gasteiger partial charge in [0, 0.05) is 12.8 Å². The average molecular weight is 313 g/mol. The standard InChI is InChI=1S/C16H21F2NO3/c1-16(2,11-6-4-3-5-7-11)9-8-14(20)19-12(15(21)22)10-13(17)18/h3-7,12-13H,8-10H2,1-2H3,(H,19,20)(H,21,22). The van der Waals surface area contributed by atoms with Crippen molar-refractivity contribution in [1.82, 2.24) is 5.32 Å². The van der Waals surface area contributed by atoms with E-state index < -0.39 is 30.8 Å². The molecule has 1 atom stereocenters. The zero-order valence-corrected chi connectivity index (χ0v) is 12.7. The molecular formula is C16H21F2NO3. The Hall–Kier alpha value is -1.98. The number of benzene rings is 1. The number of carbonyl (C=O) groups is 2. The van der Waals surface area contributed by atoms with Crippen molar-refractivity contribution >= 4 is 11.9 Å². The van der Waals surface area contributed by atoms with Gasteiger partial charge < -0.3 is 10.4 Å². The molecule has 2 N–H and O–H groups in total. The van der Waals surface area contributed by atoms with Crippen LogP contribution in [-0.4, -0.2) is 29.5 Å². The fourth-order valence-corrected chi connectivity index (χ4v) is 2.13. The maximum atomic E-state index is 12.3. The average Bonchev–Trinajstić information content (AvgIpc) is 2.45. The molecule has 1 amide bonds. The van der Waals surface area contributed by atoms with Crippen molar-refractivity contribution in [2.45, 2.75) is 51.0 Å². The molecule has 0 saturated heterocycles. The van der Waals surface area contributed by atoms with Crippen molar-refractivity contribution in [2.75, 3.05) is 0 Å². The van der Waals surface area contributed by atoms with E-state index in [0.717, 1.165) is 5.56 Å².